The lowest BCUT2D eigenvalue weighted by molar-refractivity contribution is 0.265. The van der Waals surface area contributed by atoms with Gasteiger partial charge in [-0.1, -0.05) is 37.6 Å². The Bertz CT molecular complexity index is 585. The Hall–Kier alpha value is -1.97. The Kier molecular flexibility index (Phi) is 5.87. The topological polar surface area (TPSA) is 9.23 Å². The van der Waals surface area contributed by atoms with E-state index in [0.29, 0.717) is 5.56 Å². The van der Waals surface area contributed by atoms with Crippen LogP contribution < -0.4 is 4.74 Å². The first-order valence-electron chi connectivity index (χ1n) is 7.42. The van der Waals surface area contributed by atoms with Crippen LogP contribution in [0.5, 0.6) is 5.75 Å². The molecule has 0 atom stereocenters. The second kappa shape index (κ2) is 7.87. The van der Waals surface area contributed by atoms with Gasteiger partial charge < -0.3 is 4.74 Å². The van der Waals surface area contributed by atoms with Crippen LogP contribution in [0.4, 0.5) is 13.2 Å². The van der Waals surface area contributed by atoms with Gasteiger partial charge in [0, 0.05) is 6.42 Å². The van der Waals surface area contributed by atoms with Crippen molar-refractivity contribution in [3.05, 3.63) is 53.6 Å². The predicted octanol–water partition coefficient (Wildman–Crippen LogP) is 5.32. The molecule has 0 amide bonds. The molecule has 0 N–H and O–H groups in total. The maximum atomic E-state index is 14.0. The van der Waals surface area contributed by atoms with Crippen molar-refractivity contribution in [2.24, 2.45) is 0 Å². The van der Waals surface area contributed by atoms with Crippen molar-refractivity contribution >= 4 is 0 Å². The third-order valence-corrected chi connectivity index (χ3v) is 3.35. The fourth-order valence-corrected chi connectivity index (χ4v) is 2.25. The van der Waals surface area contributed by atoms with E-state index < -0.39 is 24.1 Å². The van der Waals surface area contributed by atoms with E-state index in [2.05, 4.69) is 6.92 Å². The van der Waals surface area contributed by atoms with Gasteiger partial charge in [-0.2, -0.15) is 0 Å². The number of benzene rings is 2. The summed E-state index contributed by atoms with van der Waals surface area (Å²) in [5.74, 6) is -1.99. The number of hydrogen-bond acceptors (Lipinski definition) is 1. The lowest BCUT2D eigenvalue weighted by Gasteiger charge is -2.10. The minimum absolute atomic E-state index is 0.0462. The molecular formula is C18H19F3O. The van der Waals surface area contributed by atoms with E-state index in [1.165, 1.54) is 17.7 Å². The van der Waals surface area contributed by atoms with E-state index in [1.807, 2.05) is 24.3 Å². The molecule has 0 spiro atoms. The fraction of sp³-hybridized carbons (Fsp3) is 0.333. The first-order valence-corrected chi connectivity index (χ1v) is 7.42. The number of aryl methyl sites for hydroxylation is 1. The van der Waals surface area contributed by atoms with Gasteiger partial charge in [-0.05, 0) is 35.2 Å². The molecule has 22 heavy (non-hydrogen) atoms. The minimum Gasteiger partial charge on any atom is -0.488 e. The highest BCUT2D eigenvalue weighted by Crippen LogP contribution is 2.29. The molecule has 1 nitrogen and oxygen atoms in total. The summed E-state index contributed by atoms with van der Waals surface area (Å²) < 4.78 is 44.9. The predicted molar refractivity (Wildman–Crippen MR) is 81.9 cm³/mol. The summed E-state index contributed by atoms with van der Waals surface area (Å²) in [6, 6.07) is 10.1. The SMILES string of the molecule is CCCc1ccc(-c2cc(F)c(OCCCF)c(F)c2)cc1. The molecule has 2 aromatic carbocycles. The van der Waals surface area contributed by atoms with Gasteiger partial charge in [0.2, 0.25) is 0 Å². The van der Waals surface area contributed by atoms with Crippen LogP contribution >= 0.6 is 0 Å². The maximum Gasteiger partial charge on any atom is 0.190 e. The zero-order chi connectivity index (χ0) is 15.9. The van der Waals surface area contributed by atoms with Gasteiger partial charge in [-0.15, -0.1) is 0 Å². The second-order valence-electron chi connectivity index (χ2n) is 5.11. The van der Waals surface area contributed by atoms with E-state index in [1.54, 1.807) is 0 Å². The van der Waals surface area contributed by atoms with Crippen molar-refractivity contribution in [2.75, 3.05) is 13.3 Å². The first kappa shape index (κ1) is 16.4. The lowest BCUT2D eigenvalue weighted by atomic mass is 10.0. The summed E-state index contributed by atoms with van der Waals surface area (Å²) in [5.41, 5.74) is 2.39. The van der Waals surface area contributed by atoms with Gasteiger partial charge >= 0.3 is 0 Å². The van der Waals surface area contributed by atoms with Crippen molar-refractivity contribution in [3.8, 4) is 16.9 Å². The monoisotopic (exact) mass is 308 g/mol. The van der Waals surface area contributed by atoms with Crippen LogP contribution in [-0.4, -0.2) is 13.3 Å². The molecule has 0 heterocycles. The van der Waals surface area contributed by atoms with Gasteiger partial charge in [0.05, 0.1) is 13.3 Å². The van der Waals surface area contributed by atoms with Crippen molar-refractivity contribution in [3.63, 3.8) is 0 Å². The summed E-state index contributed by atoms with van der Waals surface area (Å²) in [5, 5.41) is 0. The number of rotatable bonds is 7. The average molecular weight is 308 g/mol. The van der Waals surface area contributed by atoms with Crippen molar-refractivity contribution in [1.29, 1.82) is 0 Å². The summed E-state index contributed by atoms with van der Waals surface area (Å²) in [6.45, 7) is 1.47. The van der Waals surface area contributed by atoms with Crippen molar-refractivity contribution in [1.82, 2.24) is 0 Å². The van der Waals surface area contributed by atoms with E-state index >= 15 is 0 Å². The Morgan fingerprint density at radius 1 is 0.955 bits per heavy atom. The molecule has 0 aromatic heterocycles. The number of alkyl halides is 1. The molecule has 0 bridgehead atoms. The second-order valence-corrected chi connectivity index (χ2v) is 5.11. The Morgan fingerprint density at radius 2 is 1.59 bits per heavy atom. The molecule has 0 unspecified atom stereocenters. The highest BCUT2D eigenvalue weighted by Gasteiger charge is 2.13. The molecule has 118 valence electrons. The van der Waals surface area contributed by atoms with Gasteiger partial charge in [0.1, 0.15) is 0 Å². The minimum atomic E-state index is -0.772. The van der Waals surface area contributed by atoms with E-state index in [-0.39, 0.29) is 13.0 Å². The van der Waals surface area contributed by atoms with Crippen LogP contribution in [0.2, 0.25) is 0 Å². The summed E-state index contributed by atoms with van der Waals surface area (Å²) >= 11 is 0. The highest BCUT2D eigenvalue weighted by molar-refractivity contribution is 5.65. The third kappa shape index (κ3) is 4.03. The highest BCUT2D eigenvalue weighted by atomic mass is 19.1. The maximum absolute atomic E-state index is 14.0. The molecule has 4 heteroatoms. The Morgan fingerprint density at radius 3 is 2.14 bits per heavy atom. The first-order chi connectivity index (χ1) is 10.7. The summed E-state index contributed by atoms with van der Waals surface area (Å²) in [7, 11) is 0. The van der Waals surface area contributed by atoms with Crippen molar-refractivity contribution < 1.29 is 17.9 Å². The molecule has 0 aliphatic rings. The van der Waals surface area contributed by atoms with Crippen LogP contribution in [0.15, 0.2) is 36.4 Å². The molecule has 2 aromatic rings. The molecule has 0 radical (unpaired) electrons. The van der Waals surface area contributed by atoms with Crippen LogP contribution in [0, 0.1) is 11.6 Å². The molecular weight excluding hydrogens is 289 g/mol. The Labute approximate surface area is 128 Å². The summed E-state index contributed by atoms with van der Waals surface area (Å²) in [6.07, 6.45) is 2.14. The number of halogens is 3. The number of ether oxygens (including phenoxy) is 1. The van der Waals surface area contributed by atoms with Crippen LogP contribution in [0.1, 0.15) is 25.3 Å². The van der Waals surface area contributed by atoms with Crippen molar-refractivity contribution in [2.45, 2.75) is 26.2 Å². The molecule has 0 saturated carbocycles. The largest absolute Gasteiger partial charge is 0.488 e. The molecule has 0 saturated heterocycles. The lowest BCUT2D eigenvalue weighted by Crippen LogP contribution is -2.02. The smallest absolute Gasteiger partial charge is 0.190 e. The van der Waals surface area contributed by atoms with Gasteiger partial charge in [-0.3, -0.25) is 4.39 Å². The van der Waals surface area contributed by atoms with E-state index in [4.69, 9.17) is 4.74 Å². The quantitative estimate of drug-likeness (QED) is 0.629. The zero-order valence-electron chi connectivity index (χ0n) is 12.5. The average Bonchev–Trinajstić information content (AvgIpc) is 2.51. The standard InChI is InChI=1S/C18H19F3O/c1-2-4-13-5-7-14(8-6-13)15-11-16(20)18(17(21)12-15)22-10-3-9-19/h5-8,11-12H,2-4,9-10H2,1H3. The van der Waals surface area contributed by atoms with Crippen LogP contribution in [0.25, 0.3) is 11.1 Å². The van der Waals surface area contributed by atoms with Gasteiger partial charge in [0.25, 0.3) is 0 Å². The zero-order valence-corrected chi connectivity index (χ0v) is 12.5. The normalized spacial score (nSPS) is 10.7. The van der Waals surface area contributed by atoms with E-state index in [9.17, 15) is 13.2 Å². The van der Waals surface area contributed by atoms with Crippen LogP contribution in [-0.2, 0) is 6.42 Å². The van der Waals surface area contributed by atoms with Crippen LogP contribution in [0.3, 0.4) is 0 Å². The summed E-state index contributed by atoms with van der Waals surface area (Å²) in [4.78, 5) is 0. The van der Waals surface area contributed by atoms with Gasteiger partial charge in [-0.25, -0.2) is 8.78 Å². The van der Waals surface area contributed by atoms with Gasteiger partial charge in [0.15, 0.2) is 17.4 Å². The van der Waals surface area contributed by atoms with E-state index in [0.717, 1.165) is 18.4 Å². The fourth-order valence-electron chi connectivity index (χ4n) is 2.25. The number of hydrogen-bond donors (Lipinski definition) is 0. The molecule has 0 aliphatic carbocycles. The Balaban J connectivity index is 2.21. The molecule has 0 aliphatic heterocycles. The molecule has 0 fully saturated rings. The molecule has 2 rings (SSSR count). The third-order valence-electron chi connectivity index (χ3n) is 3.35.